The maximum Gasteiger partial charge on any atom is 0.223 e. The molecule has 0 bridgehead atoms. The number of hydrogen-bond acceptors (Lipinski definition) is 4. The molecule has 1 saturated heterocycles. The highest BCUT2D eigenvalue weighted by Crippen LogP contribution is 2.39. The number of hydrogen-bond donors (Lipinski definition) is 0. The molecule has 0 N–H and O–H groups in total. The van der Waals surface area contributed by atoms with Gasteiger partial charge in [-0.25, -0.2) is 0 Å². The predicted molar refractivity (Wildman–Crippen MR) is 103 cm³/mol. The van der Waals surface area contributed by atoms with Gasteiger partial charge in [0.15, 0.2) is 5.78 Å². The maximum atomic E-state index is 12.8. The second-order valence-corrected chi connectivity index (χ2v) is 6.64. The summed E-state index contributed by atoms with van der Waals surface area (Å²) in [6.07, 6.45) is 2.29. The molecule has 1 aliphatic rings. The van der Waals surface area contributed by atoms with Gasteiger partial charge in [-0.05, 0) is 25.0 Å². The van der Waals surface area contributed by atoms with Crippen molar-refractivity contribution in [3.8, 4) is 11.5 Å². The Balaban J connectivity index is 1.69. The van der Waals surface area contributed by atoms with Crippen LogP contribution in [0.25, 0.3) is 0 Å². The van der Waals surface area contributed by atoms with Crippen LogP contribution in [0.5, 0.6) is 11.5 Å². The van der Waals surface area contributed by atoms with Crippen LogP contribution in [0.1, 0.15) is 47.6 Å². The van der Waals surface area contributed by atoms with Crippen molar-refractivity contribution in [3.05, 3.63) is 59.7 Å². The van der Waals surface area contributed by atoms with Crippen molar-refractivity contribution in [2.24, 2.45) is 0 Å². The Bertz CT molecular complexity index is 803. The molecule has 0 radical (unpaired) electrons. The van der Waals surface area contributed by atoms with Crippen LogP contribution in [0.2, 0.25) is 0 Å². The third kappa shape index (κ3) is 4.30. The van der Waals surface area contributed by atoms with Crippen molar-refractivity contribution in [3.63, 3.8) is 0 Å². The van der Waals surface area contributed by atoms with Gasteiger partial charge in [0.05, 0.1) is 20.3 Å². The fraction of sp³-hybridized carbons (Fsp3) is 0.364. The maximum absolute atomic E-state index is 12.8. The van der Waals surface area contributed by atoms with Crippen LogP contribution in [0, 0.1) is 0 Å². The minimum Gasteiger partial charge on any atom is -0.497 e. The van der Waals surface area contributed by atoms with Gasteiger partial charge in [0.25, 0.3) is 0 Å². The fourth-order valence-electron chi connectivity index (χ4n) is 3.61. The molecule has 3 rings (SSSR count). The van der Waals surface area contributed by atoms with E-state index in [1.807, 2.05) is 41.3 Å². The average Bonchev–Trinajstić information content (AvgIpc) is 3.21. The second kappa shape index (κ2) is 8.71. The Kier molecular flexibility index (Phi) is 6.12. The summed E-state index contributed by atoms with van der Waals surface area (Å²) in [5, 5.41) is 0. The van der Waals surface area contributed by atoms with Crippen molar-refractivity contribution < 1.29 is 19.1 Å². The number of amides is 1. The third-order valence-corrected chi connectivity index (χ3v) is 5.03. The normalized spacial score (nSPS) is 16.2. The summed E-state index contributed by atoms with van der Waals surface area (Å²) in [5.41, 5.74) is 1.64. The molecule has 1 fully saturated rings. The molecule has 27 heavy (non-hydrogen) atoms. The van der Waals surface area contributed by atoms with E-state index in [0.717, 1.165) is 29.9 Å². The average molecular weight is 367 g/mol. The lowest BCUT2D eigenvalue weighted by Crippen LogP contribution is -2.31. The first-order valence-corrected chi connectivity index (χ1v) is 9.23. The van der Waals surface area contributed by atoms with E-state index in [1.165, 1.54) is 0 Å². The molecule has 5 heteroatoms. The summed E-state index contributed by atoms with van der Waals surface area (Å²) in [6.45, 7) is 0.707. The molecule has 5 nitrogen and oxygen atoms in total. The van der Waals surface area contributed by atoms with Gasteiger partial charge in [-0.3, -0.25) is 9.59 Å². The van der Waals surface area contributed by atoms with Crippen LogP contribution >= 0.6 is 0 Å². The first kappa shape index (κ1) is 19.0. The van der Waals surface area contributed by atoms with E-state index in [1.54, 1.807) is 26.4 Å². The molecule has 0 aliphatic carbocycles. The summed E-state index contributed by atoms with van der Waals surface area (Å²) in [7, 11) is 3.24. The highest BCUT2D eigenvalue weighted by molar-refractivity contribution is 5.97. The monoisotopic (exact) mass is 367 g/mol. The van der Waals surface area contributed by atoms with Gasteiger partial charge >= 0.3 is 0 Å². The second-order valence-electron chi connectivity index (χ2n) is 6.64. The lowest BCUT2D eigenvalue weighted by Gasteiger charge is -2.26. The number of nitrogens with zero attached hydrogens (tertiary/aromatic N) is 1. The van der Waals surface area contributed by atoms with E-state index < -0.39 is 0 Å². The van der Waals surface area contributed by atoms with Crippen LogP contribution in [0.3, 0.4) is 0 Å². The quantitative estimate of drug-likeness (QED) is 0.693. The van der Waals surface area contributed by atoms with Gasteiger partial charge < -0.3 is 14.4 Å². The minimum atomic E-state index is -0.0230. The van der Waals surface area contributed by atoms with Gasteiger partial charge in [0, 0.05) is 36.6 Å². The van der Waals surface area contributed by atoms with Crippen LogP contribution < -0.4 is 9.47 Å². The zero-order valence-electron chi connectivity index (χ0n) is 15.8. The molecule has 0 saturated carbocycles. The molecule has 142 valence electrons. The Hall–Kier alpha value is -2.82. The Morgan fingerprint density at radius 1 is 1.04 bits per heavy atom. The third-order valence-electron chi connectivity index (χ3n) is 5.03. The lowest BCUT2D eigenvalue weighted by atomic mass is 10.0. The van der Waals surface area contributed by atoms with Crippen molar-refractivity contribution in [2.45, 2.75) is 31.7 Å². The van der Waals surface area contributed by atoms with E-state index in [2.05, 4.69) is 0 Å². The zero-order chi connectivity index (χ0) is 19.2. The number of carbonyl (C=O) groups is 2. The van der Waals surface area contributed by atoms with E-state index >= 15 is 0 Å². The van der Waals surface area contributed by atoms with E-state index in [-0.39, 0.29) is 30.6 Å². The first-order chi connectivity index (χ1) is 13.1. The molecule has 1 aliphatic heterocycles. The summed E-state index contributed by atoms with van der Waals surface area (Å²) in [6, 6.07) is 14.8. The van der Waals surface area contributed by atoms with E-state index in [4.69, 9.17) is 9.47 Å². The molecular weight excluding hydrogens is 342 g/mol. The molecular formula is C22H25NO4. The molecule has 1 atom stereocenters. The van der Waals surface area contributed by atoms with Crippen LogP contribution in [-0.4, -0.2) is 37.4 Å². The lowest BCUT2D eigenvalue weighted by molar-refractivity contribution is -0.132. The van der Waals surface area contributed by atoms with Crippen molar-refractivity contribution >= 4 is 11.7 Å². The van der Waals surface area contributed by atoms with E-state index in [9.17, 15) is 9.59 Å². The summed E-state index contributed by atoms with van der Waals surface area (Å²) in [5.74, 6) is 1.46. The largest absolute Gasteiger partial charge is 0.497 e. The van der Waals surface area contributed by atoms with Crippen molar-refractivity contribution in [1.29, 1.82) is 0 Å². The number of Topliss-reactive ketones (excluding diaryl/α,β-unsaturated/α-hetero) is 1. The van der Waals surface area contributed by atoms with Crippen molar-refractivity contribution in [1.82, 2.24) is 4.90 Å². The number of rotatable bonds is 7. The highest BCUT2D eigenvalue weighted by atomic mass is 16.5. The molecule has 1 unspecified atom stereocenters. The first-order valence-electron chi connectivity index (χ1n) is 9.23. The Morgan fingerprint density at radius 2 is 1.81 bits per heavy atom. The number of likely N-dealkylation sites (tertiary alicyclic amines) is 1. The highest BCUT2D eigenvalue weighted by Gasteiger charge is 2.32. The number of benzene rings is 2. The fourth-order valence-corrected chi connectivity index (χ4v) is 3.61. The molecule has 0 aromatic heterocycles. The molecule has 1 amide bonds. The molecule has 0 spiro atoms. The van der Waals surface area contributed by atoms with Gasteiger partial charge in [0.1, 0.15) is 11.5 Å². The standard InChI is InChI=1S/C22H25NO4/c1-26-17-10-11-18(21(15-17)27-2)19-9-6-14-23(19)22(25)13-12-20(24)16-7-4-3-5-8-16/h3-5,7-8,10-11,15,19H,6,9,12-14H2,1-2H3. The zero-order valence-corrected chi connectivity index (χ0v) is 15.8. The topological polar surface area (TPSA) is 55.8 Å². The summed E-state index contributed by atoms with van der Waals surface area (Å²) >= 11 is 0. The summed E-state index contributed by atoms with van der Waals surface area (Å²) < 4.78 is 10.8. The Labute approximate surface area is 159 Å². The number of methoxy groups -OCH3 is 2. The minimum absolute atomic E-state index is 0.00160. The Morgan fingerprint density at radius 3 is 2.52 bits per heavy atom. The molecule has 2 aromatic rings. The van der Waals surface area contributed by atoms with Gasteiger partial charge in [-0.15, -0.1) is 0 Å². The number of ether oxygens (including phenoxy) is 2. The van der Waals surface area contributed by atoms with Gasteiger partial charge in [0.2, 0.25) is 5.91 Å². The van der Waals surface area contributed by atoms with Crippen molar-refractivity contribution in [2.75, 3.05) is 20.8 Å². The predicted octanol–water partition coefficient (Wildman–Crippen LogP) is 4.03. The van der Waals surface area contributed by atoms with E-state index in [0.29, 0.717) is 12.1 Å². The smallest absolute Gasteiger partial charge is 0.223 e. The molecule has 1 heterocycles. The van der Waals surface area contributed by atoms with Gasteiger partial charge in [-0.1, -0.05) is 30.3 Å². The summed E-state index contributed by atoms with van der Waals surface area (Å²) in [4.78, 5) is 27.0. The number of ketones is 1. The molecule has 2 aromatic carbocycles. The number of carbonyl (C=O) groups excluding carboxylic acids is 2. The van der Waals surface area contributed by atoms with Crippen LogP contribution in [0.4, 0.5) is 0 Å². The van der Waals surface area contributed by atoms with Crippen LogP contribution in [-0.2, 0) is 4.79 Å². The van der Waals surface area contributed by atoms with Gasteiger partial charge in [-0.2, -0.15) is 0 Å². The SMILES string of the molecule is COc1ccc(C2CCCN2C(=O)CCC(=O)c2ccccc2)c(OC)c1. The van der Waals surface area contributed by atoms with Crippen LogP contribution in [0.15, 0.2) is 48.5 Å².